The molecule has 0 amide bonds. The van der Waals surface area contributed by atoms with Gasteiger partial charge >= 0.3 is 0 Å². The van der Waals surface area contributed by atoms with Gasteiger partial charge in [0.1, 0.15) is 0 Å². The van der Waals surface area contributed by atoms with Crippen LogP contribution in [0.1, 0.15) is 0 Å². The fraction of sp³-hybridized carbons (Fsp3) is 0. The largest absolute Gasteiger partial charge is 0.197 e. The van der Waals surface area contributed by atoms with Crippen LogP contribution in [0, 0.1) is 0 Å². The molecule has 0 aromatic heterocycles. The van der Waals surface area contributed by atoms with Crippen LogP contribution in [0.4, 0.5) is 0 Å². The van der Waals surface area contributed by atoms with Crippen LogP contribution in [-0.4, -0.2) is 85.4 Å². The summed E-state index contributed by atoms with van der Waals surface area (Å²) in [5.74, 6) is 0. The van der Waals surface area contributed by atoms with E-state index in [1.165, 1.54) is 0 Å². The van der Waals surface area contributed by atoms with Crippen LogP contribution in [0.25, 0.3) is 0 Å². The van der Waals surface area contributed by atoms with Crippen molar-refractivity contribution in [2.45, 2.75) is 0 Å². The molecule has 0 aliphatic carbocycles. The summed E-state index contributed by atoms with van der Waals surface area (Å²) in [5, 5.41) is 0. The van der Waals surface area contributed by atoms with Crippen molar-refractivity contribution in [3.8, 4) is 0 Å². The second-order valence-corrected chi connectivity index (χ2v) is 0. The third-order valence-corrected chi connectivity index (χ3v) is 0. The minimum Gasteiger partial charge on any atom is -0.197 e. The van der Waals surface area contributed by atoms with Gasteiger partial charge in [-0.05, 0) is 0 Å². The maximum absolute atomic E-state index is 0. The van der Waals surface area contributed by atoms with E-state index in [4.69, 9.17) is 0 Å². The molecule has 0 heterocycles. The summed E-state index contributed by atoms with van der Waals surface area (Å²) in [4.78, 5) is 0. The predicted octanol–water partition coefficient (Wildman–Crippen LogP) is -1.03. The molecule has 0 rings (SSSR count). The fourth-order valence-corrected chi connectivity index (χ4v) is 0. The zero-order valence-electron chi connectivity index (χ0n) is 2.71. The average Bonchev–Trinajstić information content (AvgIpc) is 0. The van der Waals surface area contributed by atoms with Gasteiger partial charge in [0.05, 0.1) is 0 Å². The van der Waals surface area contributed by atoms with Gasteiger partial charge in [0.25, 0.3) is 0 Å². The zero-order valence-corrected chi connectivity index (χ0v) is 9.24. The van der Waals surface area contributed by atoms with Gasteiger partial charge in [-0.1, -0.05) is 0 Å². The van der Waals surface area contributed by atoms with Crippen molar-refractivity contribution in [3.05, 3.63) is 0 Å². The van der Waals surface area contributed by atoms with E-state index in [9.17, 15) is 0 Å². The first-order chi connectivity index (χ1) is 0. The fourth-order valence-electron chi connectivity index (χ4n) is 0. The predicted molar refractivity (Wildman–Crippen MR) is 27.6 cm³/mol. The van der Waals surface area contributed by atoms with Crippen LogP contribution < -0.4 is 0 Å². The van der Waals surface area contributed by atoms with Gasteiger partial charge in [-0.2, -0.15) is 13.5 Å². The van der Waals surface area contributed by atoms with E-state index >= 15 is 0 Å². The normalized spacial score (nSPS) is 0. The molecule has 0 nitrogen and oxygen atoms in total. The maximum atomic E-state index is 0. The maximum Gasteiger partial charge on any atom is 0 e. The van der Waals surface area contributed by atoms with Crippen LogP contribution in [0.15, 0.2) is 0 Å². The minimum atomic E-state index is 0. The Bertz CT molecular complexity index is 8.00. The summed E-state index contributed by atoms with van der Waals surface area (Å²) in [5.41, 5.74) is 0. The van der Waals surface area contributed by atoms with Gasteiger partial charge in [-0.3, -0.25) is 0 Å². The molecule has 15 valence electrons. The Balaban J connectivity index is 0. The van der Waals surface area contributed by atoms with Crippen molar-refractivity contribution in [3.63, 3.8) is 0 Å². The molecule has 0 atom stereocenters. The van der Waals surface area contributed by atoms with Gasteiger partial charge in [-0.15, -0.1) is 0 Å². The summed E-state index contributed by atoms with van der Waals surface area (Å²) < 4.78 is 0. The van der Waals surface area contributed by atoms with E-state index in [2.05, 4.69) is 0 Å². The average molecular weight is 126 g/mol. The smallest absolute Gasteiger partial charge is 0 e. The van der Waals surface area contributed by atoms with Crippen molar-refractivity contribution >= 4 is 98.9 Å². The first-order valence-corrected chi connectivity index (χ1v) is 0. The monoisotopic (exact) mass is 125 g/mol. The van der Waals surface area contributed by atoms with Crippen molar-refractivity contribution in [2.75, 3.05) is 0 Å². The first kappa shape index (κ1) is 28.2. The third-order valence-electron chi connectivity index (χ3n) is 0. The Morgan fingerprint density at radius 1 is 1.00 bits per heavy atom. The Kier molecular flexibility index (Phi) is 118. The molecule has 0 N–H and O–H groups in total. The molecule has 0 bridgehead atoms. The Morgan fingerprint density at radius 3 is 1.00 bits per heavy atom. The summed E-state index contributed by atoms with van der Waals surface area (Å²) in [6.07, 6.45) is 0. The van der Waals surface area contributed by atoms with Gasteiger partial charge in [0.15, 0.2) is 0 Å². The Hall–Kier alpha value is 2.97. The van der Waals surface area contributed by atoms with Crippen LogP contribution in [0.3, 0.4) is 0 Å². The first-order valence-electron chi connectivity index (χ1n) is 0. The van der Waals surface area contributed by atoms with Crippen LogP contribution >= 0.6 is 13.5 Å². The quantitative estimate of drug-likeness (QED) is 0.364. The Labute approximate surface area is 96.5 Å². The van der Waals surface area contributed by atoms with Gasteiger partial charge < -0.3 is 0 Å². The second kappa shape index (κ2) is 16.7. The van der Waals surface area contributed by atoms with Crippen molar-refractivity contribution < 1.29 is 0 Å². The minimum absolute atomic E-state index is 0. The van der Waals surface area contributed by atoms with Crippen LogP contribution in [-0.2, 0) is 0 Å². The molecular formula is H2KMgSSi. The molecule has 0 saturated carbocycles. The molecule has 0 aliphatic rings. The van der Waals surface area contributed by atoms with Gasteiger partial charge in [0, 0.05) is 85.4 Å². The van der Waals surface area contributed by atoms with Crippen LogP contribution in [0.5, 0.6) is 0 Å². The molecule has 0 aliphatic heterocycles. The topological polar surface area (TPSA) is 0 Å². The molecule has 0 fully saturated rings. The molecule has 0 aromatic carbocycles. The molecule has 7 radical (unpaired) electrons. The Morgan fingerprint density at radius 2 is 1.00 bits per heavy atom. The molecule has 0 saturated heterocycles. The molecular weight excluding hydrogens is 124 g/mol. The van der Waals surface area contributed by atoms with E-state index in [0.717, 1.165) is 0 Å². The SMILES string of the molecule is S.[K].[Mg].[Si]. The summed E-state index contributed by atoms with van der Waals surface area (Å²) >= 11 is 0. The molecule has 4 heavy (non-hydrogen) atoms. The molecule has 0 unspecified atom stereocenters. The summed E-state index contributed by atoms with van der Waals surface area (Å²) in [6.45, 7) is 0. The third kappa shape index (κ3) is 8.88. The number of rotatable bonds is 0. The van der Waals surface area contributed by atoms with E-state index in [0.29, 0.717) is 0 Å². The van der Waals surface area contributed by atoms with Crippen molar-refractivity contribution in [1.29, 1.82) is 0 Å². The standard InChI is InChI=1S/K.Mg.H2S.Si/h;;1H2;. The van der Waals surface area contributed by atoms with Gasteiger partial charge in [-0.25, -0.2) is 0 Å². The van der Waals surface area contributed by atoms with Crippen LogP contribution in [0.2, 0.25) is 0 Å². The van der Waals surface area contributed by atoms with Crippen molar-refractivity contribution in [1.82, 2.24) is 0 Å². The number of hydrogen-bond acceptors (Lipinski definition) is 0. The van der Waals surface area contributed by atoms with E-state index in [-0.39, 0.29) is 98.9 Å². The van der Waals surface area contributed by atoms with E-state index in [1.54, 1.807) is 0 Å². The number of hydrogen-bond donors (Lipinski definition) is 0. The zero-order chi connectivity index (χ0) is 0. The van der Waals surface area contributed by atoms with E-state index < -0.39 is 0 Å². The summed E-state index contributed by atoms with van der Waals surface area (Å²) in [6, 6.07) is 0. The molecule has 0 aromatic rings. The summed E-state index contributed by atoms with van der Waals surface area (Å²) in [7, 11) is 0. The molecule has 0 spiro atoms. The molecule has 4 heteroatoms. The second-order valence-electron chi connectivity index (χ2n) is 0. The van der Waals surface area contributed by atoms with E-state index in [1.807, 2.05) is 0 Å². The van der Waals surface area contributed by atoms with Crippen molar-refractivity contribution in [2.24, 2.45) is 0 Å². The van der Waals surface area contributed by atoms with Gasteiger partial charge in [0.2, 0.25) is 0 Å².